The second-order valence-electron chi connectivity index (χ2n) is 6.26. The van der Waals surface area contributed by atoms with Crippen LogP contribution in [0.4, 0.5) is 5.69 Å². The van der Waals surface area contributed by atoms with Crippen molar-refractivity contribution < 1.29 is 14.3 Å². The van der Waals surface area contributed by atoms with Crippen LogP contribution in [-0.4, -0.2) is 43.0 Å². The van der Waals surface area contributed by atoms with Crippen molar-refractivity contribution in [3.8, 4) is 5.75 Å². The first kappa shape index (κ1) is 18.3. The zero-order valence-corrected chi connectivity index (χ0v) is 15.4. The molecule has 5 nitrogen and oxygen atoms in total. The number of rotatable bonds is 4. The molecule has 2 aromatic carbocycles. The van der Waals surface area contributed by atoms with Crippen molar-refractivity contribution in [1.29, 1.82) is 0 Å². The monoisotopic (exact) mass is 372 g/mol. The molecular weight excluding hydrogens is 352 g/mol. The summed E-state index contributed by atoms with van der Waals surface area (Å²) in [4.78, 5) is 27.5. The fourth-order valence-electron chi connectivity index (χ4n) is 2.94. The Morgan fingerprint density at radius 1 is 0.962 bits per heavy atom. The van der Waals surface area contributed by atoms with Crippen LogP contribution in [0.3, 0.4) is 0 Å². The Balaban J connectivity index is 1.53. The van der Waals surface area contributed by atoms with Crippen molar-refractivity contribution in [2.45, 2.75) is 13.3 Å². The van der Waals surface area contributed by atoms with Crippen LogP contribution in [0.1, 0.15) is 12.5 Å². The van der Waals surface area contributed by atoms with Crippen molar-refractivity contribution in [3.05, 3.63) is 59.1 Å². The van der Waals surface area contributed by atoms with E-state index in [9.17, 15) is 9.59 Å². The van der Waals surface area contributed by atoms with Gasteiger partial charge in [-0.25, -0.2) is 0 Å². The SMILES string of the molecule is CC(=O)N1CCN(c2ccc(OC(=O)Cc3ccc(Cl)cc3)cc2)CC1. The Labute approximate surface area is 158 Å². The van der Waals surface area contributed by atoms with E-state index in [1.165, 1.54) is 0 Å². The van der Waals surface area contributed by atoms with Crippen molar-refractivity contribution >= 4 is 29.2 Å². The molecular formula is C20H21ClN2O3. The molecule has 0 N–H and O–H groups in total. The van der Waals surface area contributed by atoms with Gasteiger partial charge in [0.25, 0.3) is 0 Å². The normalized spacial score (nSPS) is 14.2. The van der Waals surface area contributed by atoms with E-state index in [-0.39, 0.29) is 18.3 Å². The van der Waals surface area contributed by atoms with Gasteiger partial charge < -0.3 is 14.5 Å². The molecule has 0 unspecified atom stereocenters. The molecule has 0 bridgehead atoms. The highest BCUT2D eigenvalue weighted by molar-refractivity contribution is 6.30. The zero-order chi connectivity index (χ0) is 18.5. The van der Waals surface area contributed by atoms with Gasteiger partial charge in [0.15, 0.2) is 0 Å². The predicted molar refractivity (Wildman–Crippen MR) is 102 cm³/mol. The molecule has 1 amide bonds. The summed E-state index contributed by atoms with van der Waals surface area (Å²) in [7, 11) is 0. The molecule has 1 aliphatic rings. The van der Waals surface area contributed by atoms with Crippen molar-refractivity contribution in [2.75, 3.05) is 31.1 Å². The van der Waals surface area contributed by atoms with Gasteiger partial charge in [-0.1, -0.05) is 23.7 Å². The molecule has 1 saturated heterocycles. The molecule has 1 fully saturated rings. The van der Waals surface area contributed by atoms with E-state index in [4.69, 9.17) is 16.3 Å². The lowest BCUT2D eigenvalue weighted by atomic mass is 10.1. The minimum absolute atomic E-state index is 0.118. The van der Waals surface area contributed by atoms with Crippen molar-refractivity contribution in [2.24, 2.45) is 0 Å². The quantitative estimate of drug-likeness (QED) is 0.611. The van der Waals surface area contributed by atoms with Crippen LogP contribution in [0.5, 0.6) is 5.75 Å². The first-order chi connectivity index (χ1) is 12.5. The number of hydrogen-bond donors (Lipinski definition) is 0. The molecule has 0 saturated carbocycles. The standard InChI is InChI=1S/C20H21ClN2O3/c1-15(24)22-10-12-23(13-11-22)18-6-8-19(9-7-18)26-20(25)14-16-2-4-17(21)5-3-16/h2-9H,10-14H2,1H3. The summed E-state index contributed by atoms with van der Waals surface area (Å²) in [6.45, 7) is 4.66. The van der Waals surface area contributed by atoms with E-state index in [2.05, 4.69) is 4.90 Å². The Kier molecular flexibility index (Phi) is 5.78. The number of amides is 1. The number of anilines is 1. The lowest BCUT2D eigenvalue weighted by Crippen LogP contribution is -2.48. The van der Waals surface area contributed by atoms with E-state index < -0.39 is 0 Å². The molecule has 136 valence electrons. The molecule has 1 heterocycles. The summed E-state index contributed by atoms with van der Waals surface area (Å²) >= 11 is 5.84. The van der Waals surface area contributed by atoms with Crippen molar-refractivity contribution in [3.63, 3.8) is 0 Å². The molecule has 0 atom stereocenters. The average molecular weight is 373 g/mol. The van der Waals surface area contributed by atoms with Crippen LogP contribution in [0.15, 0.2) is 48.5 Å². The second-order valence-corrected chi connectivity index (χ2v) is 6.70. The van der Waals surface area contributed by atoms with E-state index >= 15 is 0 Å². The number of carbonyl (C=O) groups excluding carboxylic acids is 2. The molecule has 0 radical (unpaired) electrons. The van der Waals surface area contributed by atoms with Crippen LogP contribution in [0.25, 0.3) is 0 Å². The third-order valence-corrected chi connectivity index (χ3v) is 4.67. The maximum absolute atomic E-state index is 12.1. The van der Waals surface area contributed by atoms with E-state index in [1.54, 1.807) is 31.2 Å². The number of nitrogens with zero attached hydrogens (tertiary/aromatic N) is 2. The number of piperazine rings is 1. The minimum atomic E-state index is -0.310. The summed E-state index contributed by atoms with van der Waals surface area (Å²) in [6, 6.07) is 14.6. The molecule has 1 aliphatic heterocycles. The lowest BCUT2D eigenvalue weighted by molar-refractivity contribution is -0.133. The average Bonchev–Trinajstić information content (AvgIpc) is 2.64. The molecule has 3 rings (SSSR count). The molecule has 0 aromatic heterocycles. The van der Waals surface area contributed by atoms with Gasteiger partial charge in [0, 0.05) is 43.8 Å². The highest BCUT2D eigenvalue weighted by Gasteiger charge is 2.18. The number of ether oxygens (including phenoxy) is 1. The van der Waals surface area contributed by atoms with Gasteiger partial charge >= 0.3 is 5.97 Å². The molecule has 0 spiro atoms. The number of halogens is 1. The van der Waals surface area contributed by atoms with Gasteiger partial charge in [0.05, 0.1) is 6.42 Å². The third-order valence-electron chi connectivity index (χ3n) is 4.42. The maximum Gasteiger partial charge on any atom is 0.315 e. The third kappa shape index (κ3) is 4.76. The molecule has 2 aromatic rings. The van der Waals surface area contributed by atoms with Crippen LogP contribution >= 0.6 is 11.6 Å². The van der Waals surface area contributed by atoms with Gasteiger partial charge in [-0.3, -0.25) is 9.59 Å². The Morgan fingerprint density at radius 3 is 2.15 bits per heavy atom. The van der Waals surface area contributed by atoms with E-state index in [0.29, 0.717) is 10.8 Å². The fourth-order valence-corrected chi connectivity index (χ4v) is 3.07. The lowest BCUT2D eigenvalue weighted by Gasteiger charge is -2.35. The van der Waals surface area contributed by atoms with Crippen LogP contribution in [-0.2, 0) is 16.0 Å². The van der Waals surface area contributed by atoms with Crippen LogP contribution in [0.2, 0.25) is 5.02 Å². The van der Waals surface area contributed by atoms with E-state index in [0.717, 1.165) is 37.4 Å². The van der Waals surface area contributed by atoms with Crippen molar-refractivity contribution in [1.82, 2.24) is 4.90 Å². The van der Waals surface area contributed by atoms with E-state index in [1.807, 2.05) is 29.2 Å². The number of hydrogen-bond acceptors (Lipinski definition) is 4. The molecule has 6 heteroatoms. The van der Waals surface area contributed by atoms with Crippen LogP contribution in [0, 0.1) is 0 Å². The summed E-state index contributed by atoms with van der Waals surface area (Å²) in [5.41, 5.74) is 1.92. The highest BCUT2D eigenvalue weighted by Crippen LogP contribution is 2.21. The first-order valence-corrected chi connectivity index (χ1v) is 8.95. The summed E-state index contributed by atoms with van der Waals surface area (Å²) in [5, 5.41) is 0.641. The van der Waals surface area contributed by atoms with Gasteiger partial charge in [-0.15, -0.1) is 0 Å². The topological polar surface area (TPSA) is 49.9 Å². The van der Waals surface area contributed by atoms with Gasteiger partial charge in [0.1, 0.15) is 5.75 Å². The summed E-state index contributed by atoms with van der Waals surface area (Å²) in [6.07, 6.45) is 0.200. The smallest absolute Gasteiger partial charge is 0.315 e. The fraction of sp³-hybridized carbons (Fsp3) is 0.300. The molecule has 26 heavy (non-hydrogen) atoms. The molecule has 0 aliphatic carbocycles. The Bertz CT molecular complexity index is 767. The number of carbonyl (C=O) groups is 2. The van der Waals surface area contributed by atoms with Gasteiger partial charge in [-0.2, -0.15) is 0 Å². The van der Waals surface area contributed by atoms with Crippen LogP contribution < -0.4 is 9.64 Å². The number of benzene rings is 2. The maximum atomic E-state index is 12.1. The Hall–Kier alpha value is -2.53. The zero-order valence-electron chi connectivity index (χ0n) is 14.7. The van der Waals surface area contributed by atoms with Gasteiger partial charge in [-0.05, 0) is 42.0 Å². The summed E-state index contributed by atoms with van der Waals surface area (Å²) in [5.74, 6) is 0.331. The van der Waals surface area contributed by atoms with Gasteiger partial charge in [0.2, 0.25) is 5.91 Å². The highest BCUT2D eigenvalue weighted by atomic mass is 35.5. The number of esters is 1. The predicted octanol–water partition coefficient (Wildman–Crippen LogP) is 3.16. The second kappa shape index (κ2) is 8.23. The Morgan fingerprint density at radius 2 is 1.58 bits per heavy atom. The first-order valence-electron chi connectivity index (χ1n) is 8.57. The summed E-state index contributed by atoms with van der Waals surface area (Å²) < 4.78 is 5.40. The minimum Gasteiger partial charge on any atom is -0.426 e. The largest absolute Gasteiger partial charge is 0.426 e.